The number of fused-ring (bicyclic) bond motifs is 1. The van der Waals surface area contributed by atoms with Crippen molar-refractivity contribution in [1.82, 2.24) is 0 Å². The van der Waals surface area contributed by atoms with E-state index in [-0.39, 0.29) is 16.8 Å². The zero-order chi connectivity index (χ0) is 25.3. The number of ether oxygens (including phenoxy) is 1. The predicted octanol–water partition coefficient (Wildman–Crippen LogP) is 6.01. The fourth-order valence-electron chi connectivity index (χ4n) is 4.26. The van der Waals surface area contributed by atoms with Crippen LogP contribution in [0.1, 0.15) is 22.8 Å². The lowest BCUT2D eigenvalue weighted by Crippen LogP contribution is -2.35. The normalized spacial score (nSPS) is 14.8. The van der Waals surface area contributed by atoms with Gasteiger partial charge in [-0.3, -0.25) is 9.10 Å². The third-order valence-corrected chi connectivity index (χ3v) is 7.90. The lowest BCUT2D eigenvalue weighted by atomic mass is 10.1. The SMILES string of the molecule is C[C@@H]1Cc2cc(C(=O)Nc3ccc(Oc4ccccc4)cc3)ccc2N1S(=O)(=O)c1ccc(F)cc1. The first-order valence-electron chi connectivity index (χ1n) is 11.4. The summed E-state index contributed by atoms with van der Waals surface area (Å²) >= 11 is 0. The third-order valence-electron chi connectivity index (χ3n) is 5.96. The Bertz CT molecular complexity index is 1510. The van der Waals surface area contributed by atoms with Crippen molar-refractivity contribution in [2.24, 2.45) is 0 Å². The van der Waals surface area contributed by atoms with E-state index in [1.54, 1.807) is 49.4 Å². The summed E-state index contributed by atoms with van der Waals surface area (Å²) in [6, 6.07) is 25.8. The number of carbonyl (C=O) groups is 1. The molecule has 182 valence electrons. The van der Waals surface area contributed by atoms with Gasteiger partial charge in [0.05, 0.1) is 10.6 Å². The van der Waals surface area contributed by atoms with Gasteiger partial charge in [0, 0.05) is 17.3 Å². The van der Waals surface area contributed by atoms with Crippen LogP contribution in [-0.4, -0.2) is 20.4 Å². The van der Waals surface area contributed by atoms with E-state index >= 15 is 0 Å². The monoisotopic (exact) mass is 502 g/mol. The van der Waals surface area contributed by atoms with Crippen LogP contribution in [0.25, 0.3) is 0 Å². The van der Waals surface area contributed by atoms with E-state index < -0.39 is 15.8 Å². The number of hydrogen-bond acceptors (Lipinski definition) is 4. The number of hydrogen-bond donors (Lipinski definition) is 1. The standard InChI is InChI=1S/C28H23FN2O4S/c1-19-17-21-18-20(7-16-27(21)31(19)36(33,34)26-14-8-22(29)9-15-26)28(32)30-23-10-12-25(13-11-23)35-24-5-3-2-4-6-24/h2-16,18-19H,17H2,1H3,(H,30,32)/t19-/m1/s1. The van der Waals surface area contributed by atoms with Crippen LogP contribution in [0.4, 0.5) is 15.8 Å². The number of sulfonamides is 1. The quantitative estimate of drug-likeness (QED) is 0.350. The molecule has 1 N–H and O–H groups in total. The molecule has 0 aliphatic carbocycles. The fraction of sp³-hybridized carbons (Fsp3) is 0.107. The highest BCUT2D eigenvalue weighted by Gasteiger charge is 2.36. The maximum Gasteiger partial charge on any atom is 0.264 e. The van der Waals surface area contributed by atoms with Crippen LogP contribution in [0.15, 0.2) is 102 Å². The van der Waals surface area contributed by atoms with Gasteiger partial charge < -0.3 is 10.1 Å². The fourth-order valence-corrected chi connectivity index (χ4v) is 5.96. The van der Waals surface area contributed by atoms with Crippen LogP contribution < -0.4 is 14.4 Å². The van der Waals surface area contributed by atoms with E-state index in [0.717, 1.165) is 23.4 Å². The summed E-state index contributed by atoms with van der Waals surface area (Å²) in [7, 11) is -3.87. The summed E-state index contributed by atoms with van der Waals surface area (Å²) in [4.78, 5) is 12.9. The van der Waals surface area contributed by atoms with Gasteiger partial charge in [0.2, 0.25) is 0 Å². The molecule has 0 radical (unpaired) electrons. The summed E-state index contributed by atoms with van der Waals surface area (Å²) in [5.41, 5.74) is 2.31. The van der Waals surface area contributed by atoms with Gasteiger partial charge in [-0.15, -0.1) is 0 Å². The third kappa shape index (κ3) is 4.67. The molecule has 8 heteroatoms. The van der Waals surface area contributed by atoms with Crippen LogP contribution in [-0.2, 0) is 16.4 Å². The van der Waals surface area contributed by atoms with Crippen LogP contribution in [0.2, 0.25) is 0 Å². The number of carbonyl (C=O) groups excluding carboxylic acids is 1. The molecule has 36 heavy (non-hydrogen) atoms. The van der Waals surface area contributed by atoms with E-state index in [9.17, 15) is 17.6 Å². The topological polar surface area (TPSA) is 75.7 Å². The maximum atomic E-state index is 13.3. The van der Waals surface area contributed by atoms with Gasteiger partial charge in [-0.2, -0.15) is 0 Å². The second-order valence-electron chi connectivity index (χ2n) is 8.55. The Morgan fingerprint density at radius 1 is 0.917 bits per heavy atom. The molecule has 0 spiro atoms. The zero-order valence-corrected chi connectivity index (χ0v) is 20.2. The van der Waals surface area contributed by atoms with Gasteiger partial charge in [-0.1, -0.05) is 18.2 Å². The summed E-state index contributed by atoms with van der Waals surface area (Å²) in [6.45, 7) is 1.81. The van der Waals surface area contributed by atoms with Gasteiger partial charge in [-0.05, 0) is 97.8 Å². The highest BCUT2D eigenvalue weighted by atomic mass is 32.2. The summed E-state index contributed by atoms with van der Waals surface area (Å²) < 4.78 is 46.9. The molecule has 1 heterocycles. The first-order valence-corrected chi connectivity index (χ1v) is 12.8. The van der Waals surface area contributed by atoms with Crippen molar-refractivity contribution in [3.05, 3.63) is 114 Å². The summed E-state index contributed by atoms with van der Waals surface area (Å²) in [5.74, 6) is 0.560. The van der Waals surface area contributed by atoms with Crippen molar-refractivity contribution in [3.63, 3.8) is 0 Å². The Morgan fingerprint density at radius 2 is 1.58 bits per heavy atom. The number of nitrogens with zero attached hydrogens (tertiary/aromatic N) is 1. The zero-order valence-electron chi connectivity index (χ0n) is 19.4. The highest BCUT2D eigenvalue weighted by Crippen LogP contribution is 2.37. The Kier molecular flexibility index (Phi) is 6.20. The molecule has 0 unspecified atom stereocenters. The molecule has 0 bridgehead atoms. The second-order valence-corrected chi connectivity index (χ2v) is 10.4. The number of amides is 1. The number of anilines is 2. The molecular formula is C28H23FN2O4S. The van der Waals surface area contributed by atoms with Gasteiger partial charge in [0.15, 0.2) is 0 Å². The van der Waals surface area contributed by atoms with E-state index in [0.29, 0.717) is 29.1 Å². The van der Waals surface area contributed by atoms with Gasteiger partial charge in [-0.25, -0.2) is 12.8 Å². The number of nitrogens with one attached hydrogen (secondary N) is 1. The van der Waals surface area contributed by atoms with E-state index in [2.05, 4.69) is 5.32 Å². The Hall–Kier alpha value is -4.17. The average Bonchev–Trinajstić information content (AvgIpc) is 3.21. The number of halogens is 1. The summed E-state index contributed by atoms with van der Waals surface area (Å²) in [6.07, 6.45) is 0.461. The predicted molar refractivity (Wildman–Crippen MR) is 137 cm³/mol. The van der Waals surface area contributed by atoms with Gasteiger partial charge in [0.25, 0.3) is 15.9 Å². The van der Waals surface area contributed by atoms with Crippen molar-refractivity contribution in [2.75, 3.05) is 9.62 Å². The van der Waals surface area contributed by atoms with E-state index in [1.807, 2.05) is 30.3 Å². The van der Waals surface area contributed by atoms with Gasteiger partial charge in [0.1, 0.15) is 17.3 Å². The lowest BCUT2D eigenvalue weighted by Gasteiger charge is -2.24. The van der Waals surface area contributed by atoms with E-state index in [4.69, 9.17) is 4.74 Å². The molecule has 0 saturated carbocycles. The first kappa shape index (κ1) is 23.6. The Balaban J connectivity index is 1.32. The van der Waals surface area contributed by atoms with Crippen molar-refractivity contribution in [3.8, 4) is 11.5 Å². The lowest BCUT2D eigenvalue weighted by molar-refractivity contribution is 0.102. The largest absolute Gasteiger partial charge is 0.457 e. The van der Waals surface area contributed by atoms with Crippen molar-refractivity contribution in [2.45, 2.75) is 24.3 Å². The number of benzene rings is 4. The maximum absolute atomic E-state index is 13.3. The molecule has 1 aliphatic heterocycles. The molecule has 0 aromatic heterocycles. The first-order chi connectivity index (χ1) is 17.3. The highest BCUT2D eigenvalue weighted by molar-refractivity contribution is 7.92. The molecule has 4 aromatic carbocycles. The minimum absolute atomic E-state index is 0.0186. The molecule has 0 saturated heterocycles. The van der Waals surface area contributed by atoms with Crippen molar-refractivity contribution in [1.29, 1.82) is 0 Å². The van der Waals surface area contributed by atoms with Gasteiger partial charge >= 0.3 is 0 Å². The molecule has 0 fully saturated rings. The van der Waals surface area contributed by atoms with Crippen LogP contribution in [0.3, 0.4) is 0 Å². The molecule has 5 rings (SSSR count). The number of para-hydroxylation sites is 1. The van der Waals surface area contributed by atoms with Crippen LogP contribution in [0, 0.1) is 5.82 Å². The van der Waals surface area contributed by atoms with Crippen molar-refractivity contribution >= 4 is 27.3 Å². The minimum atomic E-state index is -3.87. The van der Waals surface area contributed by atoms with Crippen LogP contribution in [0.5, 0.6) is 11.5 Å². The molecule has 1 aliphatic rings. The second kappa shape index (κ2) is 9.47. The molecule has 1 atom stereocenters. The average molecular weight is 503 g/mol. The number of rotatable bonds is 6. The molecule has 4 aromatic rings. The molecule has 6 nitrogen and oxygen atoms in total. The Morgan fingerprint density at radius 3 is 2.28 bits per heavy atom. The smallest absolute Gasteiger partial charge is 0.264 e. The van der Waals surface area contributed by atoms with Crippen LogP contribution >= 0.6 is 0 Å². The van der Waals surface area contributed by atoms with Crippen molar-refractivity contribution < 1.29 is 22.3 Å². The molecular weight excluding hydrogens is 479 g/mol. The minimum Gasteiger partial charge on any atom is -0.457 e. The summed E-state index contributed by atoms with van der Waals surface area (Å²) in [5, 5.41) is 2.86. The Labute approximate surface area is 209 Å². The van der Waals surface area contributed by atoms with E-state index in [1.165, 1.54) is 16.4 Å². The molecule has 1 amide bonds.